The molecular formula is C18H22FN5O. The van der Waals surface area contributed by atoms with E-state index in [0.717, 1.165) is 25.2 Å². The van der Waals surface area contributed by atoms with Crippen LogP contribution in [0.3, 0.4) is 0 Å². The molecule has 0 radical (unpaired) electrons. The Morgan fingerprint density at radius 2 is 2.16 bits per heavy atom. The standard InChI is InChI=1S/C18H22FN5O/c1-23(17(18(20)25)13-6-8-14(19)9-7-13)12-15-4-3-11-24(15)16-5-2-10-21-22-16/h2,5-10,15,17H,3-4,11-12H2,1H3,(H2,20,25)/t15-,17+/m1/s1. The second-order valence-corrected chi connectivity index (χ2v) is 6.37. The van der Waals surface area contributed by atoms with E-state index < -0.39 is 11.9 Å². The molecule has 25 heavy (non-hydrogen) atoms. The van der Waals surface area contributed by atoms with Crippen molar-refractivity contribution < 1.29 is 9.18 Å². The Hall–Kier alpha value is -2.54. The van der Waals surface area contributed by atoms with Gasteiger partial charge < -0.3 is 10.6 Å². The van der Waals surface area contributed by atoms with Crippen molar-refractivity contribution in [1.29, 1.82) is 0 Å². The number of nitrogens with two attached hydrogens (primary N) is 1. The van der Waals surface area contributed by atoms with Gasteiger partial charge >= 0.3 is 0 Å². The molecule has 2 heterocycles. The van der Waals surface area contributed by atoms with E-state index in [-0.39, 0.29) is 11.9 Å². The van der Waals surface area contributed by atoms with Gasteiger partial charge in [-0.1, -0.05) is 12.1 Å². The smallest absolute Gasteiger partial charge is 0.239 e. The highest BCUT2D eigenvalue weighted by molar-refractivity contribution is 5.81. The molecule has 2 aromatic rings. The summed E-state index contributed by atoms with van der Waals surface area (Å²) in [6.07, 6.45) is 3.72. The molecule has 6 nitrogen and oxygen atoms in total. The van der Waals surface area contributed by atoms with E-state index in [2.05, 4.69) is 15.1 Å². The first-order chi connectivity index (χ1) is 12.1. The number of carbonyl (C=O) groups is 1. The van der Waals surface area contributed by atoms with Crippen molar-refractivity contribution in [3.63, 3.8) is 0 Å². The number of likely N-dealkylation sites (N-methyl/N-ethyl adjacent to an activating group) is 1. The number of carbonyl (C=O) groups excluding carboxylic acids is 1. The zero-order chi connectivity index (χ0) is 17.8. The Kier molecular flexibility index (Phi) is 5.23. The molecule has 7 heteroatoms. The van der Waals surface area contributed by atoms with E-state index in [1.54, 1.807) is 18.3 Å². The van der Waals surface area contributed by atoms with Gasteiger partial charge in [0, 0.05) is 25.3 Å². The van der Waals surface area contributed by atoms with Crippen molar-refractivity contribution in [2.75, 3.05) is 25.0 Å². The van der Waals surface area contributed by atoms with Crippen LogP contribution in [0.4, 0.5) is 10.2 Å². The maximum Gasteiger partial charge on any atom is 0.239 e. The fraction of sp³-hybridized carbons (Fsp3) is 0.389. The predicted octanol–water partition coefficient (Wildman–Crippen LogP) is 1.74. The molecule has 1 aromatic carbocycles. The highest BCUT2D eigenvalue weighted by Gasteiger charge is 2.31. The molecule has 2 N–H and O–H groups in total. The lowest BCUT2D eigenvalue weighted by Gasteiger charge is -2.32. The molecule has 0 spiro atoms. The third-order valence-electron chi connectivity index (χ3n) is 4.62. The molecule has 1 amide bonds. The number of hydrogen-bond acceptors (Lipinski definition) is 5. The topological polar surface area (TPSA) is 75.3 Å². The fourth-order valence-corrected chi connectivity index (χ4v) is 3.49. The summed E-state index contributed by atoms with van der Waals surface area (Å²) in [5.41, 5.74) is 6.31. The number of nitrogens with zero attached hydrogens (tertiary/aromatic N) is 4. The van der Waals surface area contributed by atoms with Gasteiger partial charge in [-0.2, -0.15) is 5.10 Å². The van der Waals surface area contributed by atoms with E-state index in [1.807, 2.05) is 24.1 Å². The number of rotatable bonds is 6. The van der Waals surface area contributed by atoms with E-state index in [0.29, 0.717) is 12.1 Å². The normalized spacial score (nSPS) is 18.5. The molecule has 1 saturated heterocycles. The molecule has 3 rings (SSSR count). The van der Waals surface area contributed by atoms with Crippen LogP contribution in [-0.2, 0) is 4.79 Å². The molecule has 0 bridgehead atoms. The monoisotopic (exact) mass is 343 g/mol. The van der Waals surface area contributed by atoms with Crippen molar-refractivity contribution in [1.82, 2.24) is 15.1 Å². The SMILES string of the molecule is CN(C[C@H]1CCCN1c1cccnn1)[C@H](C(N)=O)c1ccc(F)cc1. The Morgan fingerprint density at radius 3 is 2.80 bits per heavy atom. The Balaban J connectivity index is 1.75. The summed E-state index contributed by atoms with van der Waals surface area (Å²) in [4.78, 5) is 16.1. The molecular weight excluding hydrogens is 321 g/mol. The molecule has 132 valence electrons. The lowest BCUT2D eigenvalue weighted by molar-refractivity contribution is -0.123. The molecule has 0 aliphatic carbocycles. The van der Waals surface area contributed by atoms with Crippen LogP contribution in [0.5, 0.6) is 0 Å². The Bertz CT molecular complexity index is 709. The van der Waals surface area contributed by atoms with Crippen molar-refractivity contribution in [3.05, 3.63) is 54.0 Å². The summed E-state index contributed by atoms with van der Waals surface area (Å²) in [6, 6.07) is 9.35. The summed E-state index contributed by atoms with van der Waals surface area (Å²) in [5.74, 6) is 0.0632. The van der Waals surface area contributed by atoms with Crippen LogP contribution in [0.1, 0.15) is 24.4 Å². The molecule has 1 aliphatic rings. The van der Waals surface area contributed by atoms with Gasteiger partial charge in [-0.25, -0.2) is 4.39 Å². The van der Waals surface area contributed by atoms with Crippen molar-refractivity contribution in [3.8, 4) is 0 Å². The largest absolute Gasteiger partial charge is 0.368 e. The van der Waals surface area contributed by atoms with Crippen LogP contribution >= 0.6 is 0 Å². The van der Waals surface area contributed by atoms with Crippen molar-refractivity contribution in [2.24, 2.45) is 5.73 Å². The minimum Gasteiger partial charge on any atom is -0.368 e. The van der Waals surface area contributed by atoms with Gasteiger partial charge in [0.1, 0.15) is 11.9 Å². The molecule has 0 unspecified atom stereocenters. The minimum absolute atomic E-state index is 0.226. The Labute approximate surface area is 146 Å². The third-order valence-corrected chi connectivity index (χ3v) is 4.62. The zero-order valence-corrected chi connectivity index (χ0v) is 14.2. The number of amides is 1. The predicted molar refractivity (Wildman–Crippen MR) is 93.4 cm³/mol. The zero-order valence-electron chi connectivity index (χ0n) is 14.2. The molecule has 0 saturated carbocycles. The van der Waals surface area contributed by atoms with E-state index >= 15 is 0 Å². The quantitative estimate of drug-likeness (QED) is 0.865. The first-order valence-electron chi connectivity index (χ1n) is 8.35. The number of hydrogen-bond donors (Lipinski definition) is 1. The number of anilines is 1. The fourth-order valence-electron chi connectivity index (χ4n) is 3.49. The number of benzene rings is 1. The van der Waals surface area contributed by atoms with Gasteiger partial charge in [0.25, 0.3) is 0 Å². The minimum atomic E-state index is -0.593. The summed E-state index contributed by atoms with van der Waals surface area (Å²) >= 11 is 0. The summed E-state index contributed by atoms with van der Waals surface area (Å²) in [7, 11) is 1.87. The Morgan fingerprint density at radius 1 is 1.40 bits per heavy atom. The van der Waals surface area contributed by atoms with Gasteiger partial charge in [0.05, 0.1) is 0 Å². The molecule has 1 aliphatic heterocycles. The second kappa shape index (κ2) is 7.57. The first-order valence-corrected chi connectivity index (χ1v) is 8.35. The summed E-state index contributed by atoms with van der Waals surface area (Å²) in [5, 5.41) is 8.14. The molecule has 2 atom stereocenters. The van der Waals surface area contributed by atoms with Gasteiger partial charge in [0.15, 0.2) is 5.82 Å². The highest BCUT2D eigenvalue weighted by atomic mass is 19.1. The first kappa shape index (κ1) is 17.3. The third kappa shape index (κ3) is 3.93. The van der Waals surface area contributed by atoms with Crippen LogP contribution in [0, 0.1) is 5.82 Å². The number of primary amides is 1. The lowest BCUT2D eigenvalue weighted by Crippen LogP contribution is -2.44. The average molecular weight is 343 g/mol. The van der Waals surface area contributed by atoms with E-state index in [9.17, 15) is 9.18 Å². The van der Waals surface area contributed by atoms with Crippen LogP contribution in [0.15, 0.2) is 42.6 Å². The molecule has 1 fully saturated rings. The highest BCUT2D eigenvalue weighted by Crippen LogP contribution is 2.26. The number of halogens is 1. The molecule has 1 aromatic heterocycles. The maximum atomic E-state index is 13.2. The average Bonchev–Trinajstić information content (AvgIpc) is 3.05. The van der Waals surface area contributed by atoms with Gasteiger partial charge in [-0.3, -0.25) is 9.69 Å². The van der Waals surface area contributed by atoms with Crippen molar-refractivity contribution >= 4 is 11.7 Å². The van der Waals surface area contributed by atoms with E-state index in [1.165, 1.54) is 12.1 Å². The maximum absolute atomic E-state index is 13.2. The van der Waals surface area contributed by atoms with Gasteiger partial charge in [0.2, 0.25) is 5.91 Å². The van der Waals surface area contributed by atoms with Crippen LogP contribution in [0.25, 0.3) is 0 Å². The van der Waals surface area contributed by atoms with Gasteiger partial charge in [-0.15, -0.1) is 5.10 Å². The van der Waals surface area contributed by atoms with Crippen LogP contribution in [-0.4, -0.2) is 47.2 Å². The summed E-state index contributed by atoms with van der Waals surface area (Å²) in [6.45, 7) is 1.57. The van der Waals surface area contributed by atoms with Crippen molar-refractivity contribution in [2.45, 2.75) is 24.9 Å². The lowest BCUT2D eigenvalue weighted by atomic mass is 10.0. The van der Waals surface area contributed by atoms with E-state index in [4.69, 9.17) is 5.73 Å². The summed E-state index contributed by atoms with van der Waals surface area (Å²) < 4.78 is 13.2. The number of aromatic nitrogens is 2. The second-order valence-electron chi connectivity index (χ2n) is 6.37. The van der Waals surface area contributed by atoms with Gasteiger partial charge in [-0.05, 0) is 49.7 Å². The van der Waals surface area contributed by atoms with Crippen LogP contribution < -0.4 is 10.6 Å². The van der Waals surface area contributed by atoms with Crippen LogP contribution in [0.2, 0.25) is 0 Å².